The smallest absolute Gasteiger partial charge is 0.270 e. The quantitative estimate of drug-likeness (QED) is 0.791. The molecule has 0 amide bonds. The van der Waals surface area contributed by atoms with Crippen molar-refractivity contribution in [1.29, 1.82) is 0 Å². The number of hydrogen-bond donors (Lipinski definition) is 2. The molecule has 1 fully saturated rings. The summed E-state index contributed by atoms with van der Waals surface area (Å²) in [6.07, 6.45) is 0.863. The molecule has 7 nitrogen and oxygen atoms in total. The number of nitrogen functional groups attached to an aromatic ring is 1. The van der Waals surface area contributed by atoms with E-state index in [1.807, 2.05) is 6.92 Å². The zero-order chi connectivity index (χ0) is 12.5. The molecular weight excluding hydrogens is 264 g/mol. The van der Waals surface area contributed by atoms with E-state index in [1.165, 1.54) is 0 Å². The lowest BCUT2D eigenvalue weighted by molar-refractivity contribution is 0.180. The van der Waals surface area contributed by atoms with Gasteiger partial charge in [-0.3, -0.25) is 0 Å². The molecule has 1 aliphatic heterocycles. The van der Waals surface area contributed by atoms with E-state index in [0.29, 0.717) is 13.2 Å². The number of nitrogens with zero attached hydrogens (tertiary/aromatic N) is 2. The molecule has 17 heavy (non-hydrogen) atoms. The first-order valence-electron chi connectivity index (χ1n) is 5.18. The van der Waals surface area contributed by atoms with Crippen molar-refractivity contribution < 1.29 is 13.2 Å². The maximum atomic E-state index is 11.9. The zero-order valence-electron chi connectivity index (χ0n) is 9.29. The van der Waals surface area contributed by atoms with E-state index in [2.05, 4.69) is 14.9 Å². The molecule has 9 heteroatoms. The molecule has 2 atom stereocenters. The summed E-state index contributed by atoms with van der Waals surface area (Å²) < 4.78 is 31.5. The Morgan fingerprint density at radius 1 is 1.59 bits per heavy atom. The molecule has 0 aromatic carbocycles. The Balaban J connectivity index is 2.06. The van der Waals surface area contributed by atoms with E-state index >= 15 is 0 Å². The van der Waals surface area contributed by atoms with Crippen molar-refractivity contribution in [1.82, 2.24) is 14.9 Å². The predicted octanol–water partition coefficient (Wildman–Crippen LogP) is -0.176. The summed E-state index contributed by atoms with van der Waals surface area (Å²) in [7, 11) is -3.62. The van der Waals surface area contributed by atoms with Gasteiger partial charge in [-0.2, -0.15) is 0 Å². The fraction of sp³-hybridized carbons (Fsp3) is 0.750. The number of nitrogens with two attached hydrogens (primary N) is 1. The molecule has 3 N–H and O–H groups in total. The van der Waals surface area contributed by atoms with Gasteiger partial charge in [0.05, 0.1) is 6.61 Å². The highest BCUT2D eigenvalue weighted by molar-refractivity contribution is 7.91. The molecular formula is C8H14N4O3S2. The SMILES string of the molecule is CC(NS(=O)(=O)c1nnc(N)s1)C1CCOC1. The Bertz CT molecular complexity index is 481. The van der Waals surface area contributed by atoms with Crippen LogP contribution in [0.4, 0.5) is 5.13 Å². The van der Waals surface area contributed by atoms with Crippen LogP contribution in [-0.4, -0.2) is 37.9 Å². The van der Waals surface area contributed by atoms with E-state index in [0.717, 1.165) is 17.8 Å². The number of sulfonamides is 1. The Hall–Kier alpha value is -0.770. The molecule has 0 bridgehead atoms. The van der Waals surface area contributed by atoms with Gasteiger partial charge in [0.1, 0.15) is 0 Å². The average Bonchev–Trinajstić information content (AvgIpc) is 2.86. The molecule has 1 saturated heterocycles. The van der Waals surface area contributed by atoms with E-state index in [-0.39, 0.29) is 21.4 Å². The highest BCUT2D eigenvalue weighted by atomic mass is 32.2. The lowest BCUT2D eigenvalue weighted by atomic mass is 10.0. The minimum absolute atomic E-state index is 0.0965. The van der Waals surface area contributed by atoms with Crippen LogP contribution in [0.5, 0.6) is 0 Å². The number of aromatic nitrogens is 2. The van der Waals surface area contributed by atoms with Crippen molar-refractivity contribution in [3.8, 4) is 0 Å². The molecule has 0 aliphatic carbocycles. The average molecular weight is 278 g/mol. The normalized spacial score (nSPS) is 22.8. The summed E-state index contributed by atoms with van der Waals surface area (Å²) in [6, 6.07) is -0.187. The second kappa shape index (κ2) is 4.84. The third kappa shape index (κ3) is 2.92. The zero-order valence-corrected chi connectivity index (χ0v) is 10.9. The minimum Gasteiger partial charge on any atom is -0.381 e. The topological polar surface area (TPSA) is 107 Å². The minimum atomic E-state index is -3.62. The van der Waals surface area contributed by atoms with Crippen molar-refractivity contribution in [3.05, 3.63) is 0 Å². The van der Waals surface area contributed by atoms with Gasteiger partial charge < -0.3 is 10.5 Å². The van der Waals surface area contributed by atoms with Crippen LogP contribution >= 0.6 is 11.3 Å². The second-order valence-electron chi connectivity index (χ2n) is 3.94. The van der Waals surface area contributed by atoms with Crippen molar-refractivity contribution in [2.75, 3.05) is 18.9 Å². The summed E-state index contributed by atoms with van der Waals surface area (Å²) in [4.78, 5) is 0. The number of ether oxygens (including phenoxy) is 1. The van der Waals surface area contributed by atoms with Gasteiger partial charge in [0.25, 0.3) is 10.0 Å². The van der Waals surface area contributed by atoms with Gasteiger partial charge in [0.15, 0.2) is 0 Å². The third-order valence-electron chi connectivity index (χ3n) is 2.67. The monoisotopic (exact) mass is 278 g/mol. The van der Waals surface area contributed by atoms with Crippen LogP contribution in [0, 0.1) is 5.92 Å². The van der Waals surface area contributed by atoms with Gasteiger partial charge in [-0.15, -0.1) is 10.2 Å². The predicted molar refractivity (Wildman–Crippen MR) is 63.0 cm³/mol. The highest BCUT2D eigenvalue weighted by Crippen LogP contribution is 2.20. The first-order chi connectivity index (χ1) is 7.99. The lowest BCUT2D eigenvalue weighted by Gasteiger charge is -2.17. The van der Waals surface area contributed by atoms with Crippen LogP contribution in [-0.2, 0) is 14.8 Å². The molecule has 0 spiro atoms. The second-order valence-corrected chi connectivity index (χ2v) is 6.84. The van der Waals surface area contributed by atoms with Crippen LogP contribution < -0.4 is 10.5 Å². The van der Waals surface area contributed by atoms with Gasteiger partial charge in [0, 0.05) is 18.6 Å². The summed E-state index contributed by atoms with van der Waals surface area (Å²) >= 11 is 0.853. The Morgan fingerprint density at radius 2 is 2.35 bits per heavy atom. The Kier molecular flexibility index (Phi) is 3.61. The van der Waals surface area contributed by atoms with Crippen LogP contribution in [0.1, 0.15) is 13.3 Å². The maximum Gasteiger partial charge on any atom is 0.270 e. The van der Waals surface area contributed by atoms with Gasteiger partial charge in [-0.1, -0.05) is 11.3 Å². The van der Waals surface area contributed by atoms with Crippen LogP contribution in [0.25, 0.3) is 0 Å². The molecule has 2 heterocycles. The van der Waals surface area contributed by atoms with Crippen molar-refractivity contribution >= 4 is 26.5 Å². The van der Waals surface area contributed by atoms with Crippen molar-refractivity contribution in [2.45, 2.75) is 23.7 Å². The molecule has 0 saturated carbocycles. The molecule has 0 radical (unpaired) electrons. The molecule has 1 aromatic rings. The summed E-state index contributed by atoms with van der Waals surface area (Å²) in [5.74, 6) is 0.204. The summed E-state index contributed by atoms with van der Waals surface area (Å²) in [5, 5.41) is 7.16. The van der Waals surface area contributed by atoms with E-state index in [1.54, 1.807) is 0 Å². The number of anilines is 1. The van der Waals surface area contributed by atoms with Gasteiger partial charge in [0.2, 0.25) is 9.47 Å². The molecule has 1 aliphatic rings. The van der Waals surface area contributed by atoms with E-state index < -0.39 is 10.0 Å². The molecule has 2 rings (SSSR count). The summed E-state index contributed by atoms with van der Waals surface area (Å²) in [5.41, 5.74) is 5.36. The Labute approximate surface area is 103 Å². The standard InChI is InChI=1S/C8H14N4O3S2/c1-5(6-2-3-15-4-6)12-17(13,14)8-11-10-7(9)16-8/h5-6,12H,2-4H2,1H3,(H2,9,10). The lowest BCUT2D eigenvalue weighted by Crippen LogP contribution is -2.38. The van der Waals surface area contributed by atoms with Crippen molar-refractivity contribution in [2.24, 2.45) is 5.92 Å². The summed E-state index contributed by atoms with van der Waals surface area (Å²) in [6.45, 7) is 3.09. The molecule has 1 aromatic heterocycles. The third-order valence-corrected chi connectivity index (χ3v) is 5.34. The molecule has 96 valence electrons. The van der Waals surface area contributed by atoms with Crippen LogP contribution in [0.15, 0.2) is 4.34 Å². The Morgan fingerprint density at radius 3 is 2.88 bits per heavy atom. The van der Waals surface area contributed by atoms with Crippen molar-refractivity contribution in [3.63, 3.8) is 0 Å². The van der Waals surface area contributed by atoms with Gasteiger partial charge in [-0.25, -0.2) is 13.1 Å². The fourth-order valence-electron chi connectivity index (χ4n) is 1.67. The van der Waals surface area contributed by atoms with E-state index in [4.69, 9.17) is 10.5 Å². The first-order valence-corrected chi connectivity index (χ1v) is 7.48. The first kappa shape index (κ1) is 12.7. The molecule has 2 unspecified atom stereocenters. The highest BCUT2D eigenvalue weighted by Gasteiger charge is 2.28. The maximum absolute atomic E-state index is 11.9. The fourth-order valence-corrected chi connectivity index (χ4v) is 3.78. The van der Waals surface area contributed by atoms with Gasteiger partial charge >= 0.3 is 0 Å². The number of rotatable bonds is 4. The van der Waals surface area contributed by atoms with E-state index in [9.17, 15) is 8.42 Å². The van der Waals surface area contributed by atoms with Crippen LogP contribution in [0.3, 0.4) is 0 Å². The number of hydrogen-bond acceptors (Lipinski definition) is 7. The van der Waals surface area contributed by atoms with Gasteiger partial charge in [-0.05, 0) is 13.3 Å². The van der Waals surface area contributed by atoms with Crippen LogP contribution in [0.2, 0.25) is 0 Å². The largest absolute Gasteiger partial charge is 0.381 e. The number of nitrogens with one attached hydrogen (secondary N) is 1.